The van der Waals surface area contributed by atoms with Crippen LogP contribution in [0.1, 0.15) is 23.5 Å². The van der Waals surface area contributed by atoms with Crippen LogP contribution in [0.3, 0.4) is 0 Å². The lowest BCUT2D eigenvalue weighted by Crippen LogP contribution is -2.38. The minimum Gasteiger partial charge on any atom is -0.396 e. The van der Waals surface area contributed by atoms with Gasteiger partial charge in [-0.3, -0.25) is 4.79 Å². The first-order chi connectivity index (χ1) is 9.65. The van der Waals surface area contributed by atoms with Gasteiger partial charge in [-0.05, 0) is 13.3 Å². The number of rotatable bonds is 10. The maximum Gasteiger partial charge on any atom is 0.221 e. The Hall–Kier alpha value is -0.630. The lowest BCUT2D eigenvalue weighted by Gasteiger charge is -2.16. The molecule has 0 fully saturated rings. The molecule has 1 heterocycles. The van der Waals surface area contributed by atoms with Crippen molar-refractivity contribution < 1.29 is 14.6 Å². The van der Waals surface area contributed by atoms with Gasteiger partial charge in [0.15, 0.2) is 0 Å². The number of amides is 1. The van der Waals surface area contributed by atoms with Crippen LogP contribution in [-0.2, 0) is 15.3 Å². The number of hydrogen-bond donors (Lipinski definition) is 2. The van der Waals surface area contributed by atoms with Gasteiger partial charge in [0.2, 0.25) is 5.91 Å². The monoisotopic (exact) mass is 318 g/mol. The molecule has 1 unspecified atom stereocenters. The fraction of sp³-hybridized carbons (Fsp3) is 0.692. The van der Waals surface area contributed by atoms with E-state index in [9.17, 15) is 4.79 Å². The second kappa shape index (κ2) is 10.1. The Balaban J connectivity index is 2.15. The molecule has 7 heteroatoms. The highest BCUT2D eigenvalue weighted by Crippen LogP contribution is 2.15. The molecule has 0 aliphatic carbocycles. The van der Waals surface area contributed by atoms with E-state index in [1.807, 2.05) is 6.92 Å². The minimum atomic E-state index is -0.108. The summed E-state index contributed by atoms with van der Waals surface area (Å²) in [4.78, 5) is 16.1. The molecule has 5 nitrogen and oxygen atoms in total. The van der Waals surface area contributed by atoms with Crippen molar-refractivity contribution >= 4 is 29.0 Å². The lowest BCUT2D eigenvalue weighted by atomic mass is 10.2. The Kier molecular flexibility index (Phi) is 8.84. The fourth-order valence-corrected chi connectivity index (χ4v) is 3.22. The van der Waals surface area contributed by atoms with E-state index in [0.29, 0.717) is 19.4 Å². The van der Waals surface area contributed by atoms with E-state index in [4.69, 9.17) is 9.84 Å². The van der Waals surface area contributed by atoms with Crippen molar-refractivity contribution in [1.82, 2.24) is 10.3 Å². The Bertz CT molecular complexity index is 393. The molecule has 0 aliphatic heterocycles. The molecule has 1 aromatic heterocycles. The number of thiazole rings is 1. The first-order valence-corrected chi connectivity index (χ1v) is 8.57. The molecule has 114 valence electrons. The lowest BCUT2D eigenvalue weighted by molar-refractivity contribution is -0.121. The molecule has 0 radical (unpaired) electrons. The molecule has 1 aromatic rings. The molecule has 0 aliphatic rings. The van der Waals surface area contributed by atoms with Crippen LogP contribution in [0, 0.1) is 6.92 Å². The number of carbonyl (C=O) groups is 1. The first-order valence-electron chi connectivity index (χ1n) is 6.53. The molecular weight excluding hydrogens is 296 g/mol. The van der Waals surface area contributed by atoms with Crippen LogP contribution in [0.15, 0.2) is 5.38 Å². The second-order valence-corrected chi connectivity index (χ2v) is 6.56. The van der Waals surface area contributed by atoms with Crippen LogP contribution in [-0.4, -0.2) is 48.1 Å². The minimum absolute atomic E-state index is 0.00228. The molecule has 0 saturated heterocycles. The molecule has 0 aromatic carbocycles. The van der Waals surface area contributed by atoms with Gasteiger partial charge < -0.3 is 15.2 Å². The van der Waals surface area contributed by atoms with E-state index in [2.05, 4.69) is 15.7 Å². The van der Waals surface area contributed by atoms with Crippen molar-refractivity contribution in [2.75, 3.05) is 26.1 Å². The highest BCUT2D eigenvalue weighted by molar-refractivity contribution is 7.98. The second-order valence-electron chi connectivity index (χ2n) is 4.39. The van der Waals surface area contributed by atoms with E-state index in [1.54, 1.807) is 30.2 Å². The van der Waals surface area contributed by atoms with Crippen molar-refractivity contribution in [2.45, 2.75) is 31.6 Å². The van der Waals surface area contributed by atoms with Gasteiger partial charge in [-0.1, -0.05) is 0 Å². The number of aliphatic hydroxyl groups excluding tert-OH is 1. The van der Waals surface area contributed by atoms with E-state index in [0.717, 1.165) is 22.2 Å². The summed E-state index contributed by atoms with van der Waals surface area (Å²) in [7, 11) is 1.59. The van der Waals surface area contributed by atoms with Gasteiger partial charge in [0.05, 0.1) is 23.4 Å². The van der Waals surface area contributed by atoms with E-state index < -0.39 is 0 Å². The maximum absolute atomic E-state index is 11.7. The summed E-state index contributed by atoms with van der Waals surface area (Å²) in [5, 5.41) is 14.9. The topological polar surface area (TPSA) is 71.5 Å². The van der Waals surface area contributed by atoms with Crippen molar-refractivity contribution in [2.24, 2.45) is 0 Å². The molecule has 2 N–H and O–H groups in total. The fourth-order valence-electron chi connectivity index (χ4n) is 1.67. The van der Waals surface area contributed by atoms with E-state index in [1.165, 1.54) is 0 Å². The van der Waals surface area contributed by atoms with Gasteiger partial charge in [-0.2, -0.15) is 11.8 Å². The van der Waals surface area contributed by atoms with Crippen LogP contribution >= 0.6 is 23.1 Å². The Morgan fingerprint density at radius 2 is 2.45 bits per heavy atom. The van der Waals surface area contributed by atoms with Crippen LogP contribution in [0.2, 0.25) is 0 Å². The number of methoxy groups -OCH3 is 1. The predicted octanol–water partition coefficient (Wildman–Crippen LogP) is 1.59. The maximum atomic E-state index is 11.7. The number of carbonyl (C=O) groups excluding carboxylic acids is 1. The molecule has 0 saturated carbocycles. The molecule has 0 spiro atoms. The molecule has 1 rings (SSSR count). The summed E-state index contributed by atoms with van der Waals surface area (Å²) < 4.78 is 5.01. The zero-order valence-electron chi connectivity index (χ0n) is 11.9. The number of nitrogens with one attached hydrogen (secondary N) is 1. The average molecular weight is 318 g/mol. The van der Waals surface area contributed by atoms with Crippen LogP contribution < -0.4 is 5.32 Å². The van der Waals surface area contributed by atoms with Gasteiger partial charge in [0, 0.05) is 37.0 Å². The third-order valence-electron chi connectivity index (χ3n) is 2.60. The number of ether oxygens (including phenoxy) is 1. The summed E-state index contributed by atoms with van der Waals surface area (Å²) in [6.07, 6.45) is 0.990. The molecule has 1 atom stereocenters. The highest BCUT2D eigenvalue weighted by Gasteiger charge is 2.11. The predicted molar refractivity (Wildman–Crippen MR) is 83.1 cm³/mol. The average Bonchev–Trinajstić information content (AvgIpc) is 2.81. The van der Waals surface area contributed by atoms with Gasteiger partial charge in [0.25, 0.3) is 0 Å². The largest absolute Gasteiger partial charge is 0.396 e. The van der Waals surface area contributed by atoms with Gasteiger partial charge in [0.1, 0.15) is 0 Å². The smallest absolute Gasteiger partial charge is 0.221 e. The SMILES string of the molecule is COCC(CCO)NC(=O)CCSCc1csc(C)n1. The summed E-state index contributed by atoms with van der Waals surface area (Å²) in [6, 6.07) is -0.108. The van der Waals surface area contributed by atoms with E-state index >= 15 is 0 Å². The van der Waals surface area contributed by atoms with Crippen LogP contribution in [0.4, 0.5) is 0 Å². The summed E-state index contributed by atoms with van der Waals surface area (Å²) in [5.74, 6) is 1.61. The summed E-state index contributed by atoms with van der Waals surface area (Å²) >= 11 is 3.35. The number of thioether (sulfide) groups is 1. The number of nitrogens with zero attached hydrogens (tertiary/aromatic N) is 1. The summed E-state index contributed by atoms with van der Waals surface area (Å²) in [6.45, 7) is 2.47. The number of aliphatic hydroxyl groups is 1. The zero-order valence-corrected chi connectivity index (χ0v) is 13.6. The van der Waals surface area contributed by atoms with Crippen LogP contribution in [0.25, 0.3) is 0 Å². The first kappa shape index (κ1) is 17.4. The van der Waals surface area contributed by atoms with E-state index in [-0.39, 0.29) is 18.6 Å². The Morgan fingerprint density at radius 1 is 1.65 bits per heavy atom. The third-order valence-corrected chi connectivity index (χ3v) is 4.42. The standard InChI is InChI=1S/C13H22N2O3S2/c1-10-14-12(9-20-10)8-19-6-4-13(17)15-11(3-5-16)7-18-2/h9,11,16H,3-8H2,1-2H3,(H,15,17). The van der Waals surface area contributed by atoms with Gasteiger partial charge in [-0.25, -0.2) is 4.98 Å². The number of hydrogen-bond acceptors (Lipinski definition) is 6. The number of aromatic nitrogens is 1. The normalized spacial score (nSPS) is 12.3. The highest BCUT2D eigenvalue weighted by atomic mass is 32.2. The zero-order chi connectivity index (χ0) is 14.8. The molecule has 0 bridgehead atoms. The Labute approximate surface area is 128 Å². The van der Waals surface area contributed by atoms with Crippen molar-refractivity contribution in [3.63, 3.8) is 0 Å². The molecule has 1 amide bonds. The summed E-state index contributed by atoms with van der Waals surface area (Å²) in [5.41, 5.74) is 1.08. The molecule has 20 heavy (non-hydrogen) atoms. The number of aryl methyl sites for hydroxylation is 1. The van der Waals surface area contributed by atoms with Crippen molar-refractivity contribution in [3.05, 3.63) is 16.1 Å². The van der Waals surface area contributed by atoms with Crippen molar-refractivity contribution in [3.8, 4) is 0 Å². The molecular formula is C13H22N2O3S2. The van der Waals surface area contributed by atoms with Gasteiger partial charge in [-0.15, -0.1) is 11.3 Å². The Morgan fingerprint density at radius 3 is 3.05 bits per heavy atom. The van der Waals surface area contributed by atoms with Crippen molar-refractivity contribution in [1.29, 1.82) is 0 Å². The third kappa shape index (κ3) is 7.23. The quantitative estimate of drug-likeness (QED) is 0.641. The van der Waals surface area contributed by atoms with Crippen LogP contribution in [0.5, 0.6) is 0 Å². The van der Waals surface area contributed by atoms with Gasteiger partial charge >= 0.3 is 0 Å².